The van der Waals surface area contributed by atoms with E-state index >= 15 is 0 Å². The maximum absolute atomic E-state index is 13.6. The van der Waals surface area contributed by atoms with Gasteiger partial charge in [-0.15, -0.1) is 0 Å². The zero-order valence-corrected chi connectivity index (χ0v) is 16.6. The van der Waals surface area contributed by atoms with Crippen molar-refractivity contribution in [1.82, 2.24) is 0 Å². The molecule has 1 unspecified atom stereocenters. The standard InChI is InChI=1S/C23H31FO5/c24-20-9-6-5-7-16(20)11-12-17(25)13-14-19-18(21(26)15-22(19)27)8-3-1-2-4-10-23(28)29/h5-7,9,17-19,21-22,25-27H,1-4,8,10,13-15H2,(H,28,29)/p-1/t17-,18?,19+,21-,22+/m0/s1. The van der Waals surface area contributed by atoms with Gasteiger partial charge in [-0.25, -0.2) is 4.39 Å². The summed E-state index contributed by atoms with van der Waals surface area (Å²) in [5, 5.41) is 41.1. The van der Waals surface area contributed by atoms with Gasteiger partial charge in [-0.1, -0.05) is 43.2 Å². The summed E-state index contributed by atoms with van der Waals surface area (Å²) in [6, 6.07) is 6.12. The summed E-state index contributed by atoms with van der Waals surface area (Å²) in [5.74, 6) is 3.68. The Labute approximate surface area is 171 Å². The number of hydrogen-bond acceptors (Lipinski definition) is 5. The highest BCUT2D eigenvalue weighted by molar-refractivity contribution is 5.64. The molecule has 0 radical (unpaired) electrons. The summed E-state index contributed by atoms with van der Waals surface area (Å²) in [4.78, 5) is 10.4. The normalized spacial score (nSPS) is 24.7. The molecule has 6 heteroatoms. The van der Waals surface area contributed by atoms with E-state index in [0.717, 1.165) is 25.7 Å². The molecule has 1 aromatic carbocycles. The minimum absolute atomic E-state index is 0.0436. The average Bonchev–Trinajstić information content (AvgIpc) is 2.94. The quantitative estimate of drug-likeness (QED) is 0.407. The molecule has 0 heterocycles. The van der Waals surface area contributed by atoms with E-state index in [1.54, 1.807) is 18.2 Å². The predicted molar refractivity (Wildman–Crippen MR) is 105 cm³/mol. The number of carbonyl (C=O) groups is 1. The maximum atomic E-state index is 13.6. The van der Waals surface area contributed by atoms with Crippen LogP contribution in [0.4, 0.5) is 4.39 Å². The van der Waals surface area contributed by atoms with Crippen molar-refractivity contribution in [3.05, 3.63) is 35.6 Å². The molecule has 5 atom stereocenters. The lowest BCUT2D eigenvalue weighted by Crippen LogP contribution is -2.23. The first kappa shape index (κ1) is 23.3. The summed E-state index contributed by atoms with van der Waals surface area (Å²) in [6.45, 7) is 0. The Morgan fingerprint density at radius 1 is 1.10 bits per heavy atom. The molecule has 1 aliphatic carbocycles. The molecule has 1 fully saturated rings. The number of aliphatic carboxylic acids is 1. The van der Waals surface area contributed by atoms with Gasteiger partial charge in [0.05, 0.1) is 17.8 Å². The van der Waals surface area contributed by atoms with Crippen LogP contribution in [0.5, 0.6) is 0 Å². The Morgan fingerprint density at radius 2 is 1.76 bits per heavy atom. The number of aliphatic hydroxyl groups excluding tert-OH is 3. The number of carboxylic acid groups (broad SMARTS) is 1. The highest BCUT2D eigenvalue weighted by Crippen LogP contribution is 2.39. The van der Waals surface area contributed by atoms with E-state index in [0.29, 0.717) is 25.7 Å². The molecular formula is C23H30FO5-. The molecule has 0 saturated heterocycles. The van der Waals surface area contributed by atoms with E-state index in [4.69, 9.17) is 0 Å². The number of benzene rings is 1. The van der Waals surface area contributed by atoms with Crippen LogP contribution < -0.4 is 5.11 Å². The fraction of sp³-hybridized carbons (Fsp3) is 0.609. The Balaban J connectivity index is 1.79. The molecule has 0 aromatic heterocycles. The second kappa shape index (κ2) is 11.9. The van der Waals surface area contributed by atoms with Crippen molar-refractivity contribution in [3.63, 3.8) is 0 Å². The van der Waals surface area contributed by atoms with Gasteiger partial charge in [0, 0.05) is 5.97 Å². The van der Waals surface area contributed by atoms with Crippen LogP contribution in [0.3, 0.4) is 0 Å². The van der Waals surface area contributed by atoms with Gasteiger partial charge in [-0.3, -0.25) is 0 Å². The molecule has 1 aliphatic rings. The van der Waals surface area contributed by atoms with Gasteiger partial charge in [0.1, 0.15) is 11.9 Å². The monoisotopic (exact) mass is 405 g/mol. The summed E-state index contributed by atoms with van der Waals surface area (Å²) in [5.41, 5.74) is 0.236. The van der Waals surface area contributed by atoms with E-state index in [-0.39, 0.29) is 23.8 Å². The zero-order chi connectivity index (χ0) is 21.2. The van der Waals surface area contributed by atoms with Crippen molar-refractivity contribution < 1.29 is 29.6 Å². The molecule has 0 aliphatic heterocycles. The molecule has 3 N–H and O–H groups in total. The third kappa shape index (κ3) is 7.77. The van der Waals surface area contributed by atoms with Crippen molar-refractivity contribution in [2.24, 2.45) is 11.8 Å². The van der Waals surface area contributed by atoms with Crippen LogP contribution in [0.25, 0.3) is 0 Å². The number of aliphatic hydroxyl groups is 3. The molecule has 1 aromatic rings. The Morgan fingerprint density at radius 3 is 2.45 bits per heavy atom. The maximum Gasteiger partial charge on any atom is 0.138 e. The van der Waals surface area contributed by atoms with Crippen molar-refractivity contribution in [2.75, 3.05) is 0 Å². The predicted octanol–water partition coefficient (Wildman–Crippen LogP) is 1.77. The van der Waals surface area contributed by atoms with Gasteiger partial charge >= 0.3 is 0 Å². The van der Waals surface area contributed by atoms with Crippen molar-refractivity contribution in [3.8, 4) is 11.8 Å². The highest BCUT2D eigenvalue weighted by atomic mass is 19.1. The second-order valence-corrected chi connectivity index (χ2v) is 7.87. The summed E-state index contributed by atoms with van der Waals surface area (Å²) < 4.78 is 13.6. The number of hydrogen-bond donors (Lipinski definition) is 3. The first-order chi connectivity index (χ1) is 13.9. The molecule has 2 rings (SSSR count). The second-order valence-electron chi connectivity index (χ2n) is 7.87. The molecule has 5 nitrogen and oxygen atoms in total. The van der Waals surface area contributed by atoms with Crippen LogP contribution in [-0.4, -0.2) is 39.6 Å². The molecule has 29 heavy (non-hydrogen) atoms. The zero-order valence-electron chi connectivity index (χ0n) is 16.6. The van der Waals surface area contributed by atoms with Crippen molar-refractivity contribution >= 4 is 5.97 Å². The van der Waals surface area contributed by atoms with Crippen LogP contribution in [0.15, 0.2) is 24.3 Å². The summed E-state index contributed by atoms with van der Waals surface area (Å²) >= 11 is 0. The van der Waals surface area contributed by atoms with Gasteiger partial charge in [-0.05, 0) is 62.5 Å². The molecule has 0 amide bonds. The Hall–Kier alpha value is -1.94. The lowest BCUT2D eigenvalue weighted by Gasteiger charge is -2.24. The summed E-state index contributed by atoms with van der Waals surface area (Å²) in [6.07, 6.45) is 3.04. The average molecular weight is 405 g/mol. The van der Waals surface area contributed by atoms with Crippen molar-refractivity contribution in [2.45, 2.75) is 76.1 Å². The van der Waals surface area contributed by atoms with Gasteiger partial charge in [0.15, 0.2) is 0 Å². The summed E-state index contributed by atoms with van der Waals surface area (Å²) in [7, 11) is 0. The van der Waals surface area contributed by atoms with E-state index < -0.39 is 30.1 Å². The minimum Gasteiger partial charge on any atom is -0.550 e. The number of halogens is 1. The molecular weight excluding hydrogens is 375 g/mol. The fourth-order valence-electron chi connectivity index (χ4n) is 4.13. The first-order valence-electron chi connectivity index (χ1n) is 10.4. The third-order valence-corrected chi connectivity index (χ3v) is 5.71. The van der Waals surface area contributed by atoms with Crippen LogP contribution in [0, 0.1) is 29.5 Å². The molecule has 0 bridgehead atoms. The largest absolute Gasteiger partial charge is 0.550 e. The van der Waals surface area contributed by atoms with Gasteiger partial charge in [0.2, 0.25) is 0 Å². The molecule has 1 saturated carbocycles. The third-order valence-electron chi connectivity index (χ3n) is 5.71. The van der Waals surface area contributed by atoms with E-state index in [1.165, 1.54) is 6.07 Å². The highest BCUT2D eigenvalue weighted by Gasteiger charge is 2.40. The SMILES string of the molecule is O=C([O-])CCCCCCC1[C@@H](CC[C@@H](O)C#Cc2ccccc2F)[C@H](O)C[C@@H]1O. The lowest BCUT2D eigenvalue weighted by molar-refractivity contribution is -0.305. The number of carbonyl (C=O) groups excluding carboxylic acids is 1. The van der Waals surface area contributed by atoms with E-state index in [2.05, 4.69) is 11.8 Å². The van der Waals surface area contributed by atoms with Gasteiger partial charge in [0.25, 0.3) is 0 Å². The van der Waals surface area contributed by atoms with Crippen LogP contribution in [-0.2, 0) is 4.79 Å². The minimum atomic E-state index is -1.03. The number of rotatable bonds is 10. The van der Waals surface area contributed by atoms with Crippen LogP contribution in [0.1, 0.15) is 63.4 Å². The van der Waals surface area contributed by atoms with E-state index in [9.17, 15) is 29.6 Å². The fourth-order valence-corrected chi connectivity index (χ4v) is 4.13. The number of carboxylic acids is 1. The first-order valence-corrected chi connectivity index (χ1v) is 10.4. The van der Waals surface area contributed by atoms with Crippen LogP contribution >= 0.6 is 0 Å². The van der Waals surface area contributed by atoms with E-state index in [1.807, 2.05) is 0 Å². The smallest absolute Gasteiger partial charge is 0.138 e. The number of unbranched alkanes of at least 4 members (excludes halogenated alkanes) is 3. The van der Waals surface area contributed by atoms with Gasteiger partial charge in [-0.2, -0.15) is 0 Å². The van der Waals surface area contributed by atoms with Gasteiger partial charge < -0.3 is 25.2 Å². The molecule has 160 valence electrons. The Kier molecular flexibility index (Phi) is 9.59. The van der Waals surface area contributed by atoms with Crippen molar-refractivity contribution in [1.29, 1.82) is 0 Å². The topological polar surface area (TPSA) is 101 Å². The Bertz CT molecular complexity index is 711. The lowest BCUT2D eigenvalue weighted by atomic mass is 9.85. The molecule has 0 spiro atoms. The van der Waals surface area contributed by atoms with Crippen LogP contribution in [0.2, 0.25) is 0 Å².